The van der Waals surface area contributed by atoms with Crippen LogP contribution in [0.25, 0.3) is 0 Å². The van der Waals surface area contributed by atoms with Crippen LogP contribution in [0.15, 0.2) is 92.6 Å². The molecule has 3 aromatic rings. The third-order valence-corrected chi connectivity index (χ3v) is 7.44. The highest BCUT2D eigenvalue weighted by Crippen LogP contribution is 2.50. The Morgan fingerprint density at radius 3 is 2.45 bits per heavy atom. The van der Waals surface area contributed by atoms with Crippen LogP contribution in [0.3, 0.4) is 0 Å². The van der Waals surface area contributed by atoms with Gasteiger partial charge in [-0.05, 0) is 72.8 Å². The number of thioether (sulfide) groups is 2. The van der Waals surface area contributed by atoms with E-state index in [4.69, 9.17) is 4.99 Å². The Morgan fingerprint density at radius 1 is 0.935 bits per heavy atom. The molecule has 0 spiro atoms. The second-order valence-electron chi connectivity index (χ2n) is 7.26. The SMILES string of the molecule is Cc1cccc(N=C2S/C(=C3\Sc4ccccc4N3C)C(=O)N2c2ccc(O)cc2)c1. The quantitative estimate of drug-likeness (QED) is 0.499. The fraction of sp³-hybridized carbons (Fsp3) is 0.0833. The van der Waals surface area contributed by atoms with E-state index < -0.39 is 0 Å². The summed E-state index contributed by atoms with van der Waals surface area (Å²) >= 11 is 2.98. The molecule has 1 saturated heterocycles. The Morgan fingerprint density at radius 2 is 1.71 bits per heavy atom. The van der Waals surface area contributed by atoms with E-state index in [0.717, 1.165) is 26.9 Å². The summed E-state index contributed by atoms with van der Waals surface area (Å²) < 4.78 is 0. The number of anilines is 2. The van der Waals surface area contributed by atoms with Gasteiger partial charge in [-0.3, -0.25) is 9.69 Å². The number of aliphatic imine (C=N–C) groups is 1. The van der Waals surface area contributed by atoms with Crippen molar-refractivity contribution in [2.24, 2.45) is 4.99 Å². The number of hydrogen-bond donors (Lipinski definition) is 1. The summed E-state index contributed by atoms with van der Waals surface area (Å²) in [4.78, 5) is 23.9. The summed E-state index contributed by atoms with van der Waals surface area (Å²) in [6, 6.07) is 22.6. The average molecular weight is 446 g/mol. The lowest BCUT2D eigenvalue weighted by atomic mass is 10.2. The van der Waals surface area contributed by atoms with Crippen LogP contribution in [0.1, 0.15) is 5.56 Å². The van der Waals surface area contributed by atoms with Crippen molar-refractivity contribution in [2.45, 2.75) is 11.8 Å². The Hall–Kier alpha value is -3.16. The number of phenols is 1. The van der Waals surface area contributed by atoms with Crippen LogP contribution in [0, 0.1) is 6.92 Å². The molecule has 0 unspecified atom stereocenters. The molecule has 5 nitrogen and oxygen atoms in total. The van der Waals surface area contributed by atoms with Crippen LogP contribution < -0.4 is 9.80 Å². The Balaban J connectivity index is 1.62. The predicted molar refractivity (Wildman–Crippen MR) is 129 cm³/mol. The van der Waals surface area contributed by atoms with Crippen molar-refractivity contribution in [2.75, 3.05) is 16.8 Å². The number of fused-ring (bicyclic) bond motifs is 1. The molecule has 2 heterocycles. The fourth-order valence-electron chi connectivity index (χ4n) is 3.52. The molecular formula is C24H19N3O2S2. The van der Waals surface area contributed by atoms with E-state index in [2.05, 4.69) is 17.0 Å². The van der Waals surface area contributed by atoms with E-state index in [1.54, 1.807) is 40.9 Å². The number of carbonyl (C=O) groups excluding carboxylic acids is 1. The van der Waals surface area contributed by atoms with Crippen LogP contribution in [-0.4, -0.2) is 23.2 Å². The molecule has 2 aliphatic heterocycles. The van der Waals surface area contributed by atoms with Gasteiger partial charge in [0, 0.05) is 11.9 Å². The molecule has 31 heavy (non-hydrogen) atoms. The molecule has 3 aromatic carbocycles. The van der Waals surface area contributed by atoms with E-state index in [1.165, 1.54) is 11.8 Å². The number of hydrogen-bond acceptors (Lipinski definition) is 6. The van der Waals surface area contributed by atoms with Crippen LogP contribution in [-0.2, 0) is 4.79 Å². The smallest absolute Gasteiger partial charge is 0.274 e. The monoisotopic (exact) mass is 445 g/mol. The van der Waals surface area contributed by atoms with Gasteiger partial charge < -0.3 is 10.0 Å². The van der Waals surface area contributed by atoms with Gasteiger partial charge in [-0.15, -0.1) is 0 Å². The van der Waals surface area contributed by atoms with Crippen LogP contribution in [0.2, 0.25) is 0 Å². The molecule has 5 rings (SSSR count). The highest BCUT2D eigenvalue weighted by Gasteiger charge is 2.40. The first-order valence-corrected chi connectivity index (χ1v) is 11.4. The minimum absolute atomic E-state index is 0.121. The zero-order valence-corrected chi connectivity index (χ0v) is 18.6. The zero-order chi connectivity index (χ0) is 21.5. The minimum atomic E-state index is -0.121. The molecule has 2 aliphatic rings. The van der Waals surface area contributed by atoms with Gasteiger partial charge in [0.25, 0.3) is 5.91 Å². The molecule has 7 heteroatoms. The molecule has 0 atom stereocenters. The van der Waals surface area contributed by atoms with Gasteiger partial charge in [0.1, 0.15) is 10.7 Å². The normalized spacial score (nSPS) is 19.4. The minimum Gasteiger partial charge on any atom is -0.508 e. The topological polar surface area (TPSA) is 56.1 Å². The summed E-state index contributed by atoms with van der Waals surface area (Å²) in [5, 5.41) is 11.2. The van der Waals surface area contributed by atoms with Crippen LogP contribution in [0.4, 0.5) is 17.1 Å². The summed E-state index contributed by atoms with van der Waals surface area (Å²) in [5.41, 5.74) is 3.65. The number of nitrogens with zero attached hydrogens (tertiary/aromatic N) is 3. The van der Waals surface area contributed by atoms with Crippen LogP contribution in [0.5, 0.6) is 5.75 Å². The molecular weight excluding hydrogens is 426 g/mol. The molecule has 1 fully saturated rings. The second kappa shape index (κ2) is 7.83. The maximum absolute atomic E-state index is 13.6. The van der Waals surface area contributed by atoms with Gasteiger partial charge >= 0.3 is 0 Å². The van der Waals surface area contributed by atoms with Gasteiger partial charge in [-0.2, -0.15) is 0 Å². The van der Waals surface area contributed by atoms with Crippen molar-refractivity contribution in [3.63, 3.8) is 0 Å². The number of benzene rings is 3. The maximum atomic E-state index is 13.6. The van der Waals surface area contributed by atoms with Crippen molar-refractivity contribution in [1.82, 2.24) is 0 Å². The number of amidine groups is 1. The van der Waals surface area contributed by atoms with E-state index in [-0.39, 0.29) is 11.7 Å². The maximum Gasteiger partial charge on any atom is 0.274 e. The van der Waals surface area contributed by atoms with Crippen molar-refractivity contribution in [1.29, 1.82) is 0 Å². The number of rotatable bonds is 2. The molecule has 0 aliphatic carbocycles. The number of aromatic hydroxyl groups is 1. The largest absolute Gasteiger partial charge is 0.508 e. The van der Waals surface area contributed by atoms with Gasteiger partial charge in [-0.1, -0.05) is 36.0 Å². The lowest BCUT2D eigenvalue weighted by molar-refractivity contribution is -0.113. The Labute approximate surface area is 189 Å². The predicted octanol–water partition coefficient (Wildman–Crippen LogP) is 5.88. The highest BCUT2D eigenvalue weighted by molar-refractivity contribution is 8.20. The van der Waals surface area contributed by atoms with Gasteiger partial charge in [-0.25, -0.2) is 4.99 Å². The summed E-state index contributed by atoms with van der Waals surface area (Å²) in [6.45, 7) is 2.02. The molecule has 0 saturated carbocycles. The number of para-hydroxylation sites is 1. The first-order valence-electron chi connectivity index (χ1n) is 9.73. The van der Waals surface area contributed by atoms with E-state index in [9.17, 15) is 9.90 Å². The van der Waals surface area contributed by atoms with Crippen LogP contribution >= 0.6 is 23.5 Å². The lowest BCUT2D eigenvalue weighted by Crippen LogP contribution is -2.29. The number of aryl methyl sites for hydroxylation is 1. The first kappa shape index (κ1) is 19.8. The highest BCUT2D eigenvalue weighted by atomic mass is 32.2. The molecule has 1 amide bonds. The van der Waals surface area contributed by atoms with Crippen molar-refractivity contribution >= 4 is 51.7 Å². The number of carbonyl (C=O) groups is 1. The number of phenolic OH excluding ortho intramolecular Hbond substituents is 1. The van der Waals surface area contributed by atoms with Gasteiger partial charge in [0.2, 0.25) is 0 Å². The summed E-state index contributed by atoms with van der Waals surface area (Å²) in [6.07, 6.45) is 0. The second-order valence-corrected chi connectivity index (χ2v) is 9.26. The van der Waals surface area contributed by atoms with Crippen molar-refractivity contribution < 1.29 is 9.90 Å². The molecule has 0 radical (unpaired) electrons. The third kappa shape index (κ3) is 3.60. The Bertz CT molecular complexity index is 1250. The molecule has 154 valence electrons. The number of amides is 1. The summed E-state index contributed by atoms with van der Waals surface area (Å²) in [5.74, 6) is 0.0320. The van der Waals surface area contributed by atoms with E-state index in [1.807, 2.05) is 50.4 Å². The lowest BCUT2D eigenvalue weighted by Gasteiger charge is -2.17. The van der Waals surface area contributed by atoms with Gasteiger partial charge in [0.05, 0.1) is 22.1 Å². The van der Waals surface area contributed by atoms with Crippen molar-refractivity contribution in [3.05, 3.63) is 88.3 Å². The Kier molecular flexibility index (Phi) is 5.00. The third-order valence-electron chi connectivity index (χ3n) is 5.05. The van der Waals surface area contributed by atoms with Crippen molar-refractivity contribution in [3.8, 4) is 5.75 Å². The average Bonchev–Trinajstić information content (AvgIpc) is 3.26. The fourth-order valence-corrected chi connectivity index (χ4v) is 5.86. The molecule has 0 bridgehead atoms. The molecule has 0 aromatic heterocycles. The molecule has 1 N–H and O–H groups in total. The first-order chi connectivity index (χ1) is 15.0. The standard InChI is InChI=1S/C24H19N3O2S2/c1-15-6-5-7-16(14-15)25-24-27(17-10-12-18(28)13-11-17)22(29)21(31-24)23-26(2)19-8-3-4-9-20(19)30-23/h3-14,28H,1-2H3/b23-21-,25-24?. The summed E-state index contributed by atoms with van der Waals surface area (Å²) in [7, 11) is 1.98. The van der Waals surface area contributed by atoms with E-state index in [0.29, 0.717) is 15.8 Å². The van der Waals surface area contributed by atoms with Gasteiger partial charge in [0.15, 0.2) is 5.17 Å². The van der Waals surface area contributed by atoms with E-state index >= 15 is 0 Å². The zero-order valence-electron chi connectivity index (χ0n) is 16.9.